The topological polar surface area (TPSA) is 65.3 Å². The highest BCUT2D eigenvalue weighted by Gasteiger charge is 2.11. The number of allylic oxidation sites excluding steroid dienone is 2. The van der Waals surface area contributed by atoms with E-state index in [0.29, 0.717) is 17.7 Å². The molecule has 148 valence electrons. The molecule has 28 heavy (non-hydrogen) atoms. The summed E-state index contributed by atoms with van der Waals surface area (Å²) in [7, 11) is 0. The van der Waals surface area contributed by atoms with E-state index in [1.54, 1.807) is 13.0 Å². The molecule has 2 N–H and O–H groups in total. The second-order valence-electron chi connectivity index (χ2n) is 6.90. The molecule has 0 aromatic heterocycles. The molecule has 0 aliphatic rings. The number of benzene rings is 2. The summed E-state index contributed by atoms with van der Waals surface area (Å²) in [6, 6.07) is 17.0. The molecule has 2 unspecified atom stereocenters. The van der Waals surface area contributed by atoms with Gasteiger partial charge < -0.3 is 15.2 Å². The van der Waals surface area contributed by atoms with E-state index in [4.69, 9.17) is 10.00 Å². The van der Waals surface area contributed by atoms with Gasteiger partial charge >= 0.3 is 0 Å². The Labute approximate surface area is 166 Å². The summed E-state index contributed by atoms with van der Waals surface area (Å²) in [5.74, 6) is -0.427. The Morgan fingerprint density at radius 1 is 1.29 bits per heavy atom. The van der Waals surface area contributed by atoms with Gasteiger partial charge in [0.1, 0.15) is 12.7 Å². The molecule has 0 aliphatic carbocycles. The van der Waals surface area contributed by atoms with Crippen molar-refractivity contribution >= 4 is 5.57 Å². The molecule has 0 heterocycles. The highest BCUT2D eigenvalue weighted by Crippen LogP contribution is 2.22. The van der Waals surface area contributed by atoms with Gasteiger partial charge in [0.25, 0.3) is 0 Å². The monoisotopic (exact) mass is 382 g/mol. The van der Waals surface area contributed by atoms with Crippen molar-refractivity contribution in [3.8, 4) is 11.8 Å². The van der Waals surface area contributed by atoms with E-state index in [9.17, 15) is 9.50 Å². The van der Waals surface area contributed by atoms with Crippen molar-refractivity contribution in [3.05, 3.63) is 71.6 Å². The third-order valence-electron chi connectivity index (χ3n) is 4.51. The molecule has 0 fully saturated rings. The van der Waals surface area contributed by atoms with Gasteiger partial charge in [0.15, 0.2) is 11.6 Å². The molecule has 0 bridgehead atoms. The number of ether oxygens (including phenoxy) is 1. The summed E-state index contributed by atoms with van der Waals surface area (Å²) in [6.45, 7) is 4.19. The van der Waals surface area contributed by atoms with Crippen LogP contribution in [0.5, 0.6) is 5.75 Å². The zero-order chi connectivity index (χ0) is 20.4. The number of aliphatic hydroxyl groups is 1. The van der Waals surface area contributed by atoms with E-state index in [2.05, 4.69) is 24.4 Å². The summed E-state index contributed by atoms with van der Waals surface area (Å²) in [5, 5.41) is 22.0. The highest BCUT2D eigenvalue weighted by molar-refractivity contribution is 5.66. The molecule has 2 aromatic rings. The van der Waals surface area contributed by atoms with Gasteiger partial charge in [-0.05, 0) is 55.5 Å². The first-order valence-corrected chi connectivity index (χ1v) is 9.44. The zero-order valence-electron chi connectivity index (χ0n) is 16.4. The number of nitriles is 1. The minimum Gasteiger partial charge on any atom is -0.488 e. The molecule has 0 amide bonds. The lowest BCUT2D eigenvalue weighted by Crippen LogP contribution is -2.36. The molecule has 5 heteroatoms. The third kappa shape index (κ3) is 7.15. The van der Waals surface area contributed by atoms with Crippen molar-refractivity contribution in [3.63, 3.8) is 0 Å². The van der Waals surface area contributed by atoms with Crippen molar-refractivity contribution in [2.75, 3.05) is 13.2 Å². The first-order valence-electron chi connectivity index (χ1n) is 9.44. The quantitative estimate of drug-likeness (QED) is 0.607. The zero-order valence-corrected chi connectivity index (χ0v) is 16.4. The predicted octanol–water partition coefficient (Wildman–Crippen LogP) is 4.10. The van der Waals surface area contributed by atoms with E-state index < -0.39 is 11.9 Å². The molecule has 4 nitrogen and oxygen atoms in total. The van der Waals surface area contributed by atoms with Gasteiger partial charge in [-0.2, -0.15) is 5.26 Å². The maximum absolute atomic E-state index is 14.1. The Bertz CT molecular complexity index is 815. The number of hydrogen-bond acceptors (Lipinski definition) is 4. The van der Waals surface area contributed by atoms with E-state index in [-0.39, 0.29) is 18.4 Å². The van der Waals surface area contributed by atoms with Crippen LogP contribution in [0.3, 0.4) is 0 Å². The summed E-state index contributed by atoms with van der Waals surface area (Å²) in [6.07, 6.45) is 2.56. The Balaban J connectivity index is 1.74. The van der Waals surface area contributed by atoms with Crippen molar-refractivity contribution < 1.29 is 14.2 Å². The lowest BCUT2D eigenvalue weighted by molar-refractivity contribution is 0.101. The third-order valence-corrected chi connectivity index (χ3v) is 4.51. The summed E-state index contributed by atoms with van der Waals surface area (Å²) < 4.78 is 19.5. The number of aliphatic hydroxyl groups excluding tert-OH is 1. The lowest BCUT2D eigenvalue weighted by Gasteiger charge is -2.18. The first-order chi connectivity index (χ1) is 13.5. The smallest absolute Gasteiger partial charge is 0.165 e. The molecule has 0 spiro atoms. The van der Waals surface area contributed by atoms with Gasteiger partial charge in [-0.25, -0.2) is 4.39 Å². The van der Waals surface area contributed by atoms with Gasteiger partial charge in [0.05, 0.1) is 6.07 Å². The fourth-order valence-corrected chi connectivity index (χ4v) is 2.76. The molecule has 0 saturated heterocycles. The maximum Gasteiger partial charge on any atom is 0.165 e. The molecular formula is C23H27FN2O2. The average Bonchev–Trinajstić information content (AvgIpc) is 2.70. The minimum absolute atomic E-state index is 0.00168. The SMILES string of the molecule is C/C(=C/C#N)c1ccc(OCC(O)CNC(C)CCc2ccccc2)c(F)c1. The Morgan fingerprint density at radius 2 is 2.04 bits per heavy atom. The van der Waals surface area contributed by atoms with Crippen LogP contribution in [0, 0.1) is 17.1 Å². The van der Waals surface area contributed by atoms with Crippen molar-refractivity contribution in [1.29, 1.82) is 5.26 Å². The standard InChI is InChI=1S/C23H27FN2O2/c1-17(12-13-25)20-10-11-23(22(24)14-20)28-16-21(27)15-26-18(2)8-9-19-6-4-3-5-7-19/h3-7,10-12,14,18,21,26-27H,8-9,15-16H2,1-2H3/b17-12-. The van der Waals surface area contributed by atoms with Gasteiger partial charge in [0, 0.05) is 18.7 Å². The predicted molar refractivity (Wildman–Crippen MR) is 109 cm³/mol. The molecule has 2 atom stereocenters. The second-order valence-corrected chi connectivity index (χ2v) is 6.90. The van der Waals surface area contributed by atoms with Crippen molar-refractivity contribution in [1.82, 2.24) is 5.32 Å². The van der Waals surface area contributed by atoms with Gasteiger partial charge in [-0.3, -0.25) is 0 Å². The van der Waals surface area contributed by atoms with E-state index >= 15 is 0 Å². The normalized spacial score (nSPS) is 13.6. The van der Waals surface area contributed by atoms with E-state index in [1.807, 2.05) is 24.3 Å². The Hall–Kier alpha value is -2.68. The van der Waals surface area contributed by atoms with Gasteiger partial charge in [-0.15, -0.1) is 0 Å². The molecule has 0 aliphatic heterocycles. The number of hydrogen-bond donors (Lipinski definition) is 2. The fourth-order valence-electron chi connectivity index (χ4n) is 2.76. The Kier molecular flexibility index (Phi) is 8.67. The number of halogens is 1. The largest absolute Gasteiger partial charge is 0.488 e. The molecule has 2 rings (SSSR count). The van der Waals surface area contributed by atoms with Gasteiger partial charge in [-0.1, -0.05) is 36.4 Å². The van der Waals surface area contributed by atoms with Crippen LogP contribution in [0.2, 0.25) is 0 Å². The van der Waals surface area contributed by atoms with Crippen LogP contribution in [0.25, 0.3) is 5.57 Å². The fraction of sp³-hybridized carbons (Fsp3) is 0.348. The van der Waals surface area contributed by atoms with E-state index in [0.717, 1.165) is 12.8 Å². The van der Waals surface area contributed by atoms with Crippen LogP contribution in [-0.2, 0) is 6.42 Å². The Morgan fingerprint density at radius 3 is 2.71 bits per heavy atom. The second kappa shape index (κ2) is 11.2. The highest BCUT2D eigenvalue weighted by atomic mass is 19.1. The van der Waals surface area contributed by atoms with E-state index in [1.165, 1.54) is 23.8 Å². The molecule has 2 aromatic carbocycles. The lowest BCUT2D eigenvalue weighted by atomic mass is 10.1. The van der Waals surface area contributed by atoms with Crippen molar-refractivity contribution in [2.45, 2.75) is 38.8 Å². The van der Waals surface area contributed by atoms with Crippen LogP contribution in [-0.4, -0.2) is 30.4 Å². The van der Waals surface area contributed by atoms with Crippen molar-refractivity contribution in [2.24, 2.45) is 0 Å². The number of nitrogens with one attached hydrogen (secondary N) is 1. The van der Waals surface area contributed by atoms with Crippen LogP contribution in [0.15, 0.2) is 54.6 Å². The van der Waals surface area contributed by atoms with Crippen LogP contribution >= 0.6 is 0 Å². The van der Waals surface area contributed by atoms with Crippen LogP contribution < -0.4 is 10.1 Å². The van der Waals surface area contributed by atoms with Crippen LogP contribution in [0.4, 0.5) is 4.39 Å². The molecular weight excluding hydrogens is 355 g/mol. The molecule has 0 radical (unpaired) electrons. The average molecular weight is 382 g/mol. The van der Waals surface area contributed by atoms with Crippen LogP contribution in [0.1, 0.15) is 31.4 Å². The number of nitrogens with zero attached hydrogens (tertiary/aromatic N) is 1. The summed E-state index contributed by atoms with van der Waals surface area (Å²) in [4.78, 5) is 0. The number of rotatable bonds is 10. The number of aryl methyl sites for hydroxylation is 1. The van der Waals surface area contributed by atoms with Gasteiger partial charge in [0.2, 0.25) is 0 Å². The first kappa shape index (κ1) is 21.6. The summed E-state index contributed by atoms with van der Waals surface area (Å²) >= 11 is 0. The maximum atomic E-state index is 14.1. The molecule has 0 saturated carbocycles. The summed E-state index contributed by atoms with van der Waals surface area (Å²) in [5.41, 5.74) is 2.60. The minimum atomic E-state index is -0.738.